The van der Waals surface area contributed by atoms with Gasteiger partial charge in [0, 0.05) is 0 Å². The molecule has 1 N–H and O–H groups in total. The van der Waals surface area contributed by atoms with Crippen LogP contribution in [0.15, 0.2) is 42.5 Å². The van der Waals surface area contributed by atoms with Crippen molar-refractivity contribution in [3.05, 3.63) is 64.7 Å². The van der Waals surface area contributed by atoms with E-state index in [0.717, 1.165) is 27.3 Å². The van der Waals surface area contributed by atoms with E-state index < -0.39 is 10.0 Å². The Hall–Kier alpha value is -2.34. The number of rotatable bonds is 6. The molecule has 0 aliphatic rings. The van der Waals surface area contributed by atoms with Crippen LogP contribution in [0.4, 0.5) is 5.69 Å². The van der Waals surface area contributed by atoms with Crippen LogP contribution in [0, 0.1) is 13.8 Å². The molecular formula is C23H32N2O3S. The normalized spacial score (nSPS) is 13.1. The Balaban J connectivity index is 2.16. The average molecular weight is 417 g/mol. The van der Waals surface area contributed by atoms with Gasteiger partial charge in [-0.05, 0) is 60.6 Å². The van der Waals surface area contributed by atoms with Crippen LogP contribution in [0.5, 0.6) is 0 Å². The fourth-order valence-corrected chi connectivity index (χ4v) is 4.11. The molecule has 0 radical (unpaired) electrons. The zero-order valence-electron chi connectivity index (χ0n) is 18.4. The predicted molar refractivity (Wildman–Crippen MR) is 120 cm³/mol. The summed E-state index contributed by atoms with van der Waals surface area (Å²) < 4.78 is 25.8. The average Bonchev–Trinajstić information content (AvgIpc) is 2.57. The van der Waals surface area contributed by atoms with Crippen LogP contribution in [0.1, 0.15) is 56.0 Å². The maximum atomic E-state index is 12.6. The van der Waals surface area contributed by atoms with E-state index in [2.05, 4.69) is 38.2 Å². The number of hydrogen-bond acceptors (Lipinski definition) is 3. The predicted octanol–water partition coefficient (Wildman–Crippen LogP) is 4.24. The van der Waals surface area contributed by atoms with E-state index in [1.165, 1.54) is 5.56 Å². The first-order valence-electron chi connectivity index (χ1n) is 9.73. The molecule has 6 heteroatoms. The van der Waals surface area contributed by atoms with Gasteiger partial charge in [0.25, 0.3) is 0 Å². The van der Waals surface area contributed by atoms with Crippen LogP contribution in [0.25, 0.3) is 0 Å². The molecular weight excluding hydrogens is 384 g/mol. The van der Waals surface area contributed by atoms with Gasteiger partial charge in [0.15, 0.2) is 0 Å². The van der Waals surface area contributed by atoms with E-state index in [1.807, 2.05) is 39.0 Å². The Morgan fingerprint density at radius 2 is 1.55 bits per heavy atom. The van der Waals surface area contributed by atoms with Gasteiger partial charge in [-0.1, -0.05) is 51.1 Å². The van der Waals surface area contributed by atoms with E-state index in [-0.39, 0.29) is 23.9 Å². The number of carbonyl (C=O) groups excluding carboxylic acids is 1. The summed E-state index contributed by atoms with van der Waals surface area (Å²) in [6, 6.07) is 13.4. The summed E-state index contributed by atoms with van der Waals surface area (Å²) in [7, 11) is -3.60. The lowest BCUT2D eigenvalue weighted by Crippen LogP contribution is -2.41. The van der Waals surface area contributed by atoms with Crippen molar-refractivity contribution in [2.75, 3.05) is 17.1 Å². The van der Waals surface area contributed by atoms with Crippen molar-refractivity contribution in [3.8, 4) is 0 Å². The minimum Gasteiger partial charge on any atom is -0.348 e. The highest BCUT2D eigenvalue weighted by Crippen LogP contribution is 2.24. The molecule has 2 aromatic rings. The Labute approximate surface area is 175 Å². The van der Waals surface area contributed by atoms with Crippen LogP contribution in [-0.2, 0) is 20.2 Å². The quantitative estimate of drug-likeness (QED) is 0.766. The summed E-state index contributed by atoms with van der Waals surface area (Å²) in [5.41, 5.74) is 4.65. The van der Waals surface area contributed by atoms with Crippen LogP contribution in [-0.4, -0.2) is 27.1 Å². The zero-order chi connectivity index (χ0) is 22.0. The number of nitrogens with zero attached hydrogens (tertiary/aromatic N) is 1. The molecule has 1 amide bonds. The number of hydrogen-bond donors (Lipinski definition) is 1. The van der Waals surface area contributed by atoms with Crippen molar-refractivity contribution in [2.24, 2.45) is 0 Å². The van der Waals surface area contributed by atoms with Crippen molar-refractivity contribution in [1.82, 2.24) is 5.32 Å². The molecule has 0 fully saturated rings. The van der Waals surface area contributed by atoms with Gasteiger partial charge in [-0.25, -0.2) is 8.42 Å². The first-order valence-corrected chi connectivity index (χ1v) is 11.6. The third-order valence-corrected chi connectivity index (χ3v) is 5.98. The standard InChI is InChI=1S/C23H32N2O3S/c1-16-12-17(2)14-21(13-16)25(29(7,27)28)15-22(26)24-18(3)19-8-10-20(11-9-19)23(4,5)6/h8-14,18H,15H2,1-7H3,(H,24,26)/t18-/m0/s1. The van der Waals surface area contributed by atoms with Gasteiger partial charge in [-0.15, -0.1) is 0 Å². The summed E-state index contributed by atoms with van der Waals surface area (Å²) in [5.74, 6) is -0.345. The molecule has 0 aromatic heterocycles. The fraction of sp³-hybridized carbons (Fsp3) is 0.435. The molecule has 1 atom stereocenters. The third-order valence-electron chi connectivity index (χ3n) is 4.84. The maximum absolute atomic E-state index is 12.6. The second-order valence-electron chi connectivity index (χ2n) is 8.78. The Kier molecular flexibility index (Phi) is 6.78. The third kappa shape index (κ3) is 6.32. The molecule has 5 nitrogen and oxygen atoms in total. The van der Waals surface area contributed by atoms with Gasteiger partial charge in [-0.3, -0.25) is 9.10 Å². The lowest BCUT2D eigenvalue weighted by atomic mass is 9.86. The first-order chi connectivity index (χ1) is 13.3. The lowest BCUT2D eigenvalue weighted by Gasteiger charge is -2.24. The molecule has 2 aromatic carbocycles. The van der Waals surface area contributed by atoms with Gasteiger partial charge >= 0.3 is 0 Å². The summed E-state index contributed by atoms with van der Waals surface area (Å²) in [5, 5.41) is 2.91. The molecule has 0 saturated carbocycles. The Bertz CT molecular complexity index is 954. The first kappa shape index (κ1) is 22.9. The van der Waals surface area contributed by atoms with Crippen LogP contribution in [0.2, 0.25) is 0 Å². The molecule has 158 valence electrons. The Morgan fingerprint density at radius 1 is 1.03 bits per heavy atom. The zero-order valence-corrected chi connectivity index (χ0v) is 19.2. The van der Waals surface area contributed by atoms with Gasteiger partial charge in [0.1, 0.15) is 6.54 Å². The highest BCUT2D eigenvalue weighted by molar-refractivity contribution is 7.92. The van der Waals surface area contributed by atoms with Crippen molar-refractivity contribution in [3.63, 3.8) is 0 Å². The molecule has 2 rings (SSSR count). The monoisotopic (exact) mass is 416 g/mol. The Morgan fingerprint density at radius 3 is 2.00 bits per heavy atom. The molecule has 0 unspecified atom stereocenters. The van der Waals surface area contributed by atoms with Gasteiger partial charge < -0.3 is 5.32 Å². The van der Waals surface area contributed by atoms with Crippen molar-refractivity contribution < 1.29 is 13.2 Å². The van der Waals surface area contributed by atoms with Gasteiger partial charge in [0.2, 0.25) is 15.9 Å². The number of sulfonamides is 1. The molecule has 29 heavy (non-hydrogen) atoms. The number of amides is 1. The van der Waals surface area contributed by atoms with Crippen LogP contribution in [0.3, 0.4) is 0 Å². The summed E-state index contributed by atoms with van der Waals surface area (Å²) in [4.78, 5) is 12.6. The number of nitrogens with one attached hydrogen (secondary N) is 1. The van der Waals surface area contributed by atoms with Crippen molar-refractivity contribution >= 4 is 21.6 Å². The topological polar surface area (TPSA) is 66.5 Å². The molecule has 0 heterocycles. The minimum absolute atomic E-state index is 0.0624. The molecule has 0 saturated heterocycles. The lowest BCUT2D eigenvalue weighted by molar-refractivity contribution is -0.120. The highest BCUT2D eigenvalue weighted by Gasteiger charge is 2.22. The molecule has 0 bridgehead atoms. The van der Waals surface area contributed by atoms with Gasteiger partial charge in [-0.2, -0.15) is 0 Å². The summed E-state index contributed by atoms with van der Waals surface area (Å²) >= 11 is 0. The van der Waals surface area contributed by atoms with Crippen LogP contribution < -0.4 is 9.62 Å². The summed E-state index contributed by atoms with van der Waals surface area (Å²) in [6.07, 6.45) is 1.12. The molecule has 0 aliphatic heterocycles. The van der Waals surface area contributed by atoms with E-state index in [9.17, 15) is 13.2 Å². The molecule has 0 spiro atoms. The fourth-order valence-electron chi connectivity index (χ4n) is 3.27. The molecule has 0 aliphatic carbocycles. The second kappa shape index (κ2) is 8.57. The van der Waals surface area contributed by atoms with E-state index >= 15 is 0 Å². The number of aryl methyl sites for hydroxylation is 2. The van der Waals surface area contributed by atoms with Gasteiger partial charge in [0.05, 0.1) is 18.0 Å². The number of benzene rings is 2. The van der Waals surface area contributed by atoms with Crippen LogP contribution >= 0.6 is 0 Å². The maximum Gasteiger partial charge on any atom is 0.241 e. The van der Waals surface area contributed by atoms with E-state index in [1.54, 1.807) is 12.1 Å². The largest absolute Gasteiger partial charge is 0.348 e. The van der Waals surface area contributed by atoms with E-state index in [0.29, 0.717) is 5.69 Å². The van der Waals surface area contributed by atoms with E-state index in [4.69, 9.17) is 0 Å². The SMILES string of the molecule is Cc1cc(C)cc(N(CC(=O)N[C@@H](C)c2ccc(C(C)(C)C)cc2)S(C)(=O)=O)c1. The highest BCUT2D eigenvalue weighted by atomic mass is 32.2. The minimum atomic E-state index is -3.60. The smallest absolute Gasteiger partial charge is 0.241 e. The second-order valence-corrected chi connectivity index (χ2v) is 10.7. The van der Waals surface area contributed by atoms with Crippen molar-refractivity contribution in [1.29, 1.82) is 0 Å². The van der Waals surface area contributed by atoms with Crippen molar-refractivity contribution in [2.45, 2.75) is 53.0 Å². The summed E-state index contributed by atoms with van der Waals surface area (Å²) in [6.45, 7) is 11.9. The number of anilines is 1. The number of carbonyl (C=O) groups is 1.